The van der Waals surface area contributed by atoms with E-state index in [4.69, 9.17) is 14.1 Å². The lowest BCUT2D eigenvalue weighted by molar-refractivity contribution is -0.119. The molecule has 2 aromatic carbocycles. The molecule has 3 unspecified atom stereocenters. The minimum atomic E-state index is -0.867. The Labute approximate surface area is 219 Å². The quantitative estimate of drug-likeness (QED) is 0.435. The van der Waals surface area contributed by atoms with E-state index in [1.54, 1.807) is 6.20 Å². The lowest BCUT2D eigenvalue weighted by atomic mass is 9.96. The second-order valence-electron chi connectivity index (χ2n) is 9.84. The molecule has 0 saturated carbocycles. The molecule has 7 rings (SSSR count). The molecule has 2 bridgehead atoms. The summed E-state index contributed by atoms with van der Waals surface area (Å²) in [7, 11) is 0. The molecule has 1 N–H and O–H groups in total. The molecule has 0 spiro atoms. The summed E-state index contributed by atoms with van der Waals surface area (Å²) in [5, 5.41) is 11.6. The van der Waals surface area contributed by atoms with Crippen LogP contribution in [0.25, 0.3) is 11.5 Å². The molecule has 190 valence electrons. The third-order valence-corrected chi connectivity index (χ3v) is 7.29. The molecule has 38 heavy (non-hydrogen) atoms. The van der Waals surface area contributed by atoms with Crippen molar-refractivity contribution >= 4 is 23.3 Å². The predicted octanol–water partition coefficient (Wildman–Crippen LogP) is 3.90. The number of carbonyl (C=O) groups is 1. The third-order valence-electron chi connectivity index (χ3n) is 7.29. The number of hydrogen-bond donors (Lipinski definition) is 1. The number of morpholine rings is 1. The highest BCUT2D eigenvalue weighted by atomic mass is 16.5. The van der Waals surface area contributed by atoms with E-state index in [2.05, 4.69) is 25.4 Å². The topological polar surface area (TPSA) is 106 Å². The molecule has 9 heteroatoms. The maximum Gasteiger partial charge on any atom is 0.317 e. The van der Waals surface area contributed by atoms with Crippen LogP contribution in [0.5, 0.6) is 0 Å². The van der Waals surface area contributed by atoms with Crippen LogP contribution in [-0.2, 0) is 16.0 Å². The fourth-order valence-corrected chi connectivity index (χ4v) is 5.51. The molecule has 0 amide bonds. The normalized spacial score (nSPS) is 22.5. The second kappa shape index (κ2) is 9.50. The average molecular weight is 507 g/mol. The van der Waals surface area contributed by atoms with Gasteiger partial charge >= 0.3 is 6.01 Å². The highest BCUT2D eigenvalue weighted by molar-refractivity contribution is 6.16. The van der Waals surface area contributed by atoms with Gasteiger partial charge in [-0.05, 0) is 30.5 Å². The summed E-state index contributed by atoms with van der Waals surface area (Å²) in [4.78, 5) is 25.0. The third kappa shape index (κ3) is 4.24. The molecule has 3 aliphatic rings. The summed E-state index contributed by atoms with van der Waals surface area (Å²) in [6.45, 7) is 1.57. The van der Waals surface area contributed by atoms with Crippen molar-refractivity contribution in [1.82, 2.24) is 15.2 Å². The van der Waals surface area contributed by atoms with E-state index in [9.17, 15) is 4.79 Å². The van der Waals surface area contributed by atoms with Crippen LogP contribution >= 0.6 is 0 Å². The van der Waals surface area contributed by atoms with Gasteiger partial charge in [0.05, 0.1) is 23.5 Å². The first kappa shape index (κ1) is 22.8. The smallest absolute Gasteiger partial charge is 0.317 e. The van der Waals surface area contributed by atoms with Gasteiger partial charge in [0.2, 0.25) is 0 Å². The minimum Gasteiger partial charge on any atom is -0.403 e. The van der Waals surface area contributed by atoms with Crippen LogP contribution in [0.2, 0.25) is 0 Å². The van der Waals surface area contributed by atoms with E-state index in [0.717, 1.165) is 59.7 Å². The van der Waals surface area contributed by atoms with Gasteiger partial charge in [0.15, 0.2) is 11.9 Å². The molecule has 3 atom stereocenters. The van der Waals surface area contributed by atoms with Gasteiger partial charge in [-0.15, -0.1) is 5.10 Å². The Balaban J connectivity index is 1.19. The van der Waals surface area contributed by atoms with Gasteiger partial charge < -0.3 is 19.4 Å². The van der Waals surface area contributed by atoms with E-state index in [1.165, 1.54) is 0 Å². The van der Waals surface area contributed by atoms with E-state index in [1.807, 2.05) is 66.7 Å². The maximum atomic E-state index is 13.3. The number of nitrogens with one attached hydrogen (secondary N) is 1. The van der Waals surface area contributed by atoms with E-state index >= 15 is 0 Å². The summed E-state index contributed by atoms with van der Waals surface area (Å²) < 4.78 is 12.0. The molecule has 9 nitrogen and oxygen atoms in total. The Morgan fingerprint density at radius 3 is 2.47 bits per heavy atom. The maximum absolute atomic E-state index is 13.3. The molecular formula is C29H26N6O3. The minimum absolute atomic E-state index is 0.0750. The lowest BCUT2D eigenvalue weighted by Crippen LogP contribution is -2.43. The van der Waals surface area contributed by atoms with Crippen molar-refractivity contribution in [3.63, 3.8) is 0 Å². The number of pyridine rings is 1. The number of aliphatic imine (C=N–C) groups is 1. The zero-order valence-electron chi connectivity index (χ0n) is 20.7. The first-order valence-electron chi connectivity index (χ1n) is 12.9. The van der Waals surface area contributed by atoms with Crippen LogP contribution in [0, 0.1) is 0 Å². The Morgan fingerprint density at radius 2 is 1.63 bits per heavy atom. The highest BCUT2D eigenvalue weighted by Crippen LogP contribution is 2.34. The number of ketones is 1. The predicted molar refractivity (Wildman–Crippen MR) is 142 cm³/mol. The van der Waals surface area contributed by atoms with Crippen LogP contribution < -0.4 is 10.2 Å². The lowest BCUT2D eigenvalue weighted by Gasteiger charge is -2.33. The number of aromatic nitrogens is 3. The first-order valence-corrected chi connectivity index (χ1v) is 12.9. The zero-order chi connectivity index (χ0) is 25.5. The standard InChI is InChI=1S/C29H26N6O3/c36-24-15-19-9-4-5-10-22(19)25(18-7-2-1-3-8-18)31-26(24)32-29-34-33-28(38-29)23-11-6-14-30-27(23)35-16-20-12-13-21(17-35)37-20/h1-11,14,20-21,26H,12-13,15-17H2,(H,32,34). The molecule has 3 aliphatic heterocycles. The number of carbonyl (C=O) groups excluding carboxylic acids is 1. The van der Waals surface area contributed by atoms with Gasteiger partial charge in [0.25, 0.3) is 5.89 Å². The van der Waals surface area contributed by atoms with Crippen molar-refractivity contribution < 1.29 is 13.9 Å². The zero-order valence-corrected chi connectivity index (χ0v) is 20.7. The van der Waals surface area contributed by atoms with E-state index < -0.39 is 6.17 Å². The van der Waals surface area contributed by atoms with Crippen LogP contribution in [0.3, 0.4) is 0 Å². The summed E-state index contributed by atoms with van der Waals surface area (Å²) >= 11 is 0. The molecule has 0 aliphatic carbocycles. The van der Waals surface area contributed by atoms with Crippen LogP contribution in [0.1, 0.15) is 29.5 Å². The van der Waals surface area contributed by atoms with Crippen molar-refractivity contribution in [2.45, 2.75) is 37.6 Å². The van der Waals surface area contributed by atoms with Gasteiger partial charge in [0.1, 0.15) is 5.82 Å². The number of hydrogen-bond acceptors (Lipinski definition) is 9. The fourth-order valence-electron chi connectivity index (χ4n) is 5.51. The van der Waals surface area contributed by atoms with Crippen molar-refractivity contribution in [2.24, 2.45) is 4.99 Å². The van der Waals surface area contributed by atoms with Gasteiger partial charge in [-0.1, -0.05) is 59.7 Å². The Morgan fingerprint density at radius 1 is 0.868 bits per heavy atom. The molecule has 2 saturated heterocycles. The SMILES string of the molecule is O=C1Cc2ccccc2C(c2ccccc2)=NC1Nc1nnc(-c2cccnc2N2CC3CCC(C2)O3)o1. The van der Waals surface area contributed by atoms with Crippen molar-refractivity contribution in [1.29, 1.82) is 0 Å². The number of ether oxygens (including phenoxy) is 1. The number of fused-ring (bicyclic) bond motifs is 3. The van der Waals surface area contributed by atoms with Crippen LogP contribution in [0.15, 0.2) is 82.3 Å². The van der Waals surface area contributed by atoms with Gasteiger partial charge in [-0.25, -0.2) is 4.98 Å². The number of Topliss-reactive ketones (excluding diaryl/α,β-unsaturated/α-hetero) is 1. The van der Waals surface area contributed by atoms with Crippen LogP contribution in [-0.4, -0.2) is 58.1 Å². The van der Waals surface area contributed by atoms with Crippen molar-refractivity contribution in [2.75, 3.05) is 23.3 Å². The van der Waals surface area contributed by atoms with Gasteiger partial charge in [-0.3, -0.25) is 9.79 Å². The Hall–Kier alpha value is -4.37. The molecule has 2 aromatic heterocycles. The van der Waals surface area contributed by atoms with Crippen LogP contribution in [0.4, 0.5) is 11.8 Å². The summed E-state index contributed by atoms with van der Waals surface area (Å²) in [5.41, 5.74) is 4.33. The fraction of sp³-hybridized carbons (Fsp3) is 0.276. The summed E-state index contributed by atoms with van der Waals surface area (Å²) in [5.74, 6) is 1.06. The average Bonchev–Trinajstić information content (AvgIpc) is 3.53. The number of benzene rings is 2. The summed E-state index contributed by atoms with van der Waals surface area (Å²) in [6, 6.07) is 21.7. The summed E-state index contributed by atoms with van der Waals surface area (Å²) in [6.07, 6.45) is 3.75. The molecule has 4 aromatic rings. The van der Waals surface area contributed by atoms with E-state index in [-0.39, 0.29) is 30.4 Å². The second-order valence-corrected chi connectivity index (χ2v) is 9.84. The molecular weight excluding hydrogens is 480 g/mol. The molecule has 5 heterocycles. The molecule has 0 radical (unpaired) electrons. The first-order chi connectivity index (χ1) is 18.7. The number of rotatable bonds is 5. The Kier molecular flexibility index (Phi) is 5.70. The Bertz CT molecular complexity index is 1510. The number of anilines is 2. The number of nitrogens with zero attached hydrogens (tertiary/aromatic N) is 5. The monoisotopic (exact) mass is 506 g/mol. The van der Waals surface area contributed by atoms with E-state index in [0.29, 0.717) is 5.89 Å². The largest absolute Gasteiger partial charge is 0.403 e. The van der Waals surface area contributed by atoms with Crippen molar-refractivity contribution in [3.8, 4) is 11.5 Å². The molecule has 2 fully saturated rings. The van der Waals surface area contributed by atoms with Crippen molar-refractivity contribution in [3.05, 3.63) is 89.6 Å². The highest BCUT2D eigenvalue weighted by Gasteiger charge is 2.35. The van der Waals surface area contributed by atoms with Gasteiger partial charge in [0, 0.05) is 36.8 Å². The van der Waals surface area contributed by atoms with Gasteiger partial charge in [-0.2, -0.15) is 0 Å².